The van der Waals surface area contributed by atoms with Gasteiger partial charge >= 0.3 is 0 Å². The van der Waals surface area contributed by atoms with E-state index >= 15 is 0 Å². The van der Waals surface area contributed by atoms with E-state index < -0.39 is 0 Å². The Bertz CT molecular complexity index is 922. The van der Waals surface area contributed by atoms with Gasteiger partial charge in [0.05, 0.1) is 0 Å². The fourth-order valence-electron chi connectivity index (χ4n) is 4.99. The Morgan fingerprint density at radius 2 is 1.74 bits per heavy atom. The molecule has 2 aromatic rings. The van der Waals surface area contributed by atoms with Gasteiger partial charge in [-0.2, -0.15) is 0 Å². The number of benzene rings is 2. The average Bonchev–Trinajstić information content (AvgIpc) is 2.97. The minimum Gasteiger partial charge on any atom is -0.412 e. The molecule has 0 fully saturated rings. The number of carbonyl (C=O) groups excluding carboxylic acids is 1. The molecular formula is C29H40O2. The molecule has 0 amide bonds. The van der Waals surface area contributed by atoms with E-state index in [2.05, 4.69) is 77.6 Å². The van der Waals surface area contributed by atoms with Crippen molar-refractivity contribution in [3.8, 4) is 0 Å². The molecule has 2 nitrogen and oxygen atoms in total. The summed E-state index contributed by atoms with van der Waals surface area (Å²) in [5, 5.41) is 0. The Hall–Kier alpha value is -2.19. The first-order valence-electron chi connectivity index (χ1n) is 11.8. The summed E-state index contributed by atoms with van der Waals surface area (Å²) >= 11 is 0. The predicted molar refractivity (Wildman–Crippen MR) is 133 cm³/mol. The van der Waals surface area contributed by atoms with Gasteiger partial charge in [-0.25, -0.2) is 0 Å². The number of ketones is 1. The molecule has 0 aliphatic heterocycles. The van der Waals surface area contributed by atoms with Crippen molar-refractivity contribution in [2.45, 2.75) is 90.9 Å². The largest absolute Gasteiger partial charge is 0.412 e. The number of hydrogen-bond acceptors (Lipinski definition) is 1. The van der Waals surface area contributed by atoms with Gasteiger partial charge in [0.15, 0.2) is 0 Å². The molecule has 2 aromatic carbocycles. The third-order valence-electron chi connectivity index (χ3n) is 6.69. The minimum absolute atomic E-state index is 0. The van der Waals surface area contributed by atoms with Crippen LogP contribution in [0.1, 0.15) is 111 Å². The zero-order chi connectivity index (χ0) is 21.8. The third kappa shape index (κ3) is 5.36. The number of allylic oxidation sites excluding steroid dienone is 1. The van der Waals surface area contributed by atoms with Crippen LogP contribution in [0.15, 0.2) is 43.0 Å². The van der Waals surface area contributed by atoms with Crippen LogP contribution in [0.4, 0.5) is 0 Å². The van der Waals surface area contributed by atoms with Crippen LogP contribution in [0.25, 0.3) is 5.57 Å². The van der Waals surface area contributed by atoms with Crippen molar-refractivity contribution in [1.29, 1.82) is 0 Å². The summed E-state index contributed by atoms with van der Waals surface area (Å²) in [5.74, 6) is 0.904. The van der Waals surface area contributed by atoms with Crippen LogP contribution >= 0.6 is 0 Å². The number of unbranched alkanes of at least 4 members (excludes halogenated alkanes) is 1. The molecule has 1 aliphatic rings. The summed E-state index contributed by atoms with van der Waals surface area (Å²) in [6.07, 6.45) is 6.17. The molecule has 2 unspecified atom stereocenters. The number of rotatable bonds is 9. The van der Waals surface area contributed by atoms with Crippen molar-refractivity contribution in [3.05, 3.63) is 76.4 Å². The highest BCUT2D eigenvalue weighted by molar-refractivity contribution is 5.97. The summed E-state index contributed by atoms with van der Waals surface area (Å²) in [4.78, 5) is 13.6. The minimum atomic E-state index is -0.0196. The lowest BCUT2D eigenvalue weighted by Crippen LogP contribution is -2.14. The number of aryl methyl sites for hydroxylation is 1. The van der Waals surface area contributed by atoms with Gasteiger partial charge in [-0.3, -0.25) is 4.79 Å². The van der Waals surface area contributed by atoms with Crippen LogP contribution in [0.2, 0.25) is 0 Å². The normalized spacial score (nSPS) is 17.5. The highest BCUT2D eigenvalue weighted by atomic mass is 16.1. The van der Waals surface area contributed by atoms with Gasteiger partial charge < -0.3 is 5.48 Å². The summed E-state index contributed by atoms with van der Waals surface area (Å²) < 4.78 is 0. The first-order chi connectivity index (χ1) is 14.4. The van der Waals surface area contributed by atoms with Crippen molar-refractivity contribution < 1.29 is 10.3 Å². The fraction of sp³-hybridized carbons (Fsp3) is 0.483. The van der Waals surface area contributed by atoms with E-state index in [1.807, 2.05) is 0 Å². The van der Waals surface area contributed by atoms with E-state index in [0.717, 1.165) is 25.7 Å². The number of carbonyl (C=O) groups is 1. The van der Waals surface area contributed by atoms with E-state index in [9.17, 15) is 4.79 Å². The van der Waals surface area contributed by atoms with Crippen LogP contribution in [0.3, 0.4) is 0 Å². The molecule has 0 saturated carbocycles. The van der Waals surface area contributed by atoms with Crippen molar-refractivity contribution in [3.63, 3.8) is 0 Å². The van der Waals surface area contributed by atoms with Crippen molar-refractivity contribution >= 4 is 11.4 Å². The molecule has 0 saturated heterocycles. The molecule has 2 heteroatoms. The molecule has 3 rings (SSSR count). The second-order valence-corrected chi connectivity index (χ2v) is 9.41. The van der Waals surface area contributed by atoms with Gasteiger partial charge in [0.2, 0.25) is 0 Å². The quantitative estimate of drug-likeness (QED) is 0.420. The Morgan fingerprint density at radius 1 is 1.00 bits per heavy atom. The predicted octanol–water partition coefficient (Wildman–Crippen LogP) is 7.29. The zero-order valence-electron chi connectivity index (χ0n) is 20.1. The van der Waals surface area contributed by atoms with Crippen LogP contribution in [0, 0.1) is 6.92 Å². The molecule has 31 heavy (non-hydrogen) atoms. The monoisotopic (exact) mass is 420 g/mol. The zero-order valence-corrected chi connectivity index (χ0v) is 20.1. The maximum Gasteiger partial charge on any atom is 0.148 e. The molecule has 0 heterocycles. The fourth-order valence-corrected chi connectivity index (χ4v) is 4.99. The van der Waals surface area contributed by atoms with Crippen LogP contribution in [-0.2, 0) is 11.2 Å². The molecular weight excluding hydrogens is 380 g/mol. The maximum absolute atomic E-state index is 13.6. The lowest BCUT2D eigenvalue weighted by Gasteiger charge is -2.18. The van der Waals surface area contributed by atoms with E-state index in [1.54, 1.807) is 0 Å². The standard InChI is InChI=1S/C29H38O.H2O/c1-7-9-11-21(6)22-13-15-25-27(17-22)26(10-8-2)29(30)28(25)18-23-16-20(5)12-14-24(23)19(3)4;/h12-17,19,26,28H,6-11,18H2,1-5H3;1H2. The Kier molecular flexibility index (Phi) is 8.82. The number of Topliss-reactive ketones (excluding diaryl/α,β-unsaturated/α-hetero) is 1. The first-order valence-corrected chi connectivity index (χ1v) is 11.8. The van der Waals surface area contributed by atoms with Gasteiger partial charge in [-0.05, 0) is 71.9 Å². The highest BCUT2D eigenvalue weighted by Gasteiger charge is 2.39. The molecule has 1 aliphatic carbocycles. The summed E-state index contributed by atoms with van der Waals surface area (Å²) in [6, 6.07) is 13.4. The van der Waals surface area contributed by atoms with Gasteiger partial charge in [-0.1, -0.05) is 89.1 Å². The molecule has 2 N–H and O–H groups in total. The summed E-state index contributed by atoms with van der Waals surface area (Å²) in [6.45, 7) is 15.3. The number of hydrogen-bond donors (Lipinski definition) is 0. The van der Waals surface area contributed by atoms with E-state index in [-0.39, 0.29) is 17.3 Å². The van der Waals surface area contributed by atoms with Crippen LogP contribution < -0.4 is 0 Å². The van der Waals surface area contributed by atoms with Crippen molar-refractivity contribution in [1.82, 2.24) is 0 Å². The molecule has 0 bridgehead atoms. The topological polar surface area (TPSA) is 48.6 Å². The van der Waals surface area contributed by atoms with Crippen molar-refractivity contribution in [2.24, 2.45) is 0 Å². The van der Waals surface area contributed by atoms with E-state index in [1.165, 1.54) is 51.8 Å². The van der Waals surface area contributed by atoms with Gasteiger partial charge in [-0.15, -0.1) is 0 Å². The first kappa shape index (κ1) is 25.1. The maximum atomic E-state index is 13.6. The molecule has 2 atom stereocenters. The second kappa shape index (κ2) is 10.9. The Morgan fingerprint density at radius 3 is 2.39 bits per heavy atom. The second-order valence-electron chi connectivity index (χ2n) is 9.41. The van der Waals surface area contributed by atoms with E-state index in [4.69, 9.17) is 0 Å². The van der Waals surface area contributed by atoms with Crippen LogP contribution in [-0.4, -0.2) is 11.3 Å². The Labute approximate surface area is 189 Å². The molecule has 0 aromatic heterocycles. The Balaban J connectivity index is 0.00000341. The van der Waals surface area contributed by atoms with Crippen molar-refractivity contribution in [2.75, 3.05) is 0 Å². The molecule has 168 valence electrons. The SMILES string of the molecule is C=C(CCCC)c1ccc2c(c1)C(CCC)C(=O)C2Cc1cc(C)ccc1C(C)C.O. The lowest BCUT2D eigenvalue weighted by molar-refractivity contribution is -0.121. The smallest absolute Gasteiger partial charge is 0.148 e. The molecule has 0 radical (unpaired) electrons. The summed E-state index contributed by atoms with van der Waals surface area (Å²) in [5.41, 5.74) is 8.92. The summed E-state index contributed by atoms with van der Waals surface area (Å²) in [7, 11) is 0. The lowest BCUT2D eigenvalue weighted by atomic mass is 9.86. The highest BCUT2D eigenvalue weighted by Crippen LogP contribution is 2.44. The molecule has 0 spiro atoms. The van der Waals surface area contributed by atoms with Gasteiger partial charge in [0, 0.05) is 11.8 Å². The van der Waals surface area contributed by atoms with E-state index in [0.29, 0.717) is 11.7 Å². The third-order valence-corrected chi connectivity index (χ3v) is 6.69. The van der Waals surface area contributed by atoms with Gasteiger partial charge in [0.25, 0.3) is 0 Å². The van der Waals surface area contributed by atoms with Gasteiger partial charge in [0.1, 0.15) is 5.78 Å². The average molecular weight is 421 g/mol. The van der Waals surface area contributed by atoms with Crippen LogP contribution in [0.5, 0.6) is 0 Å². The number of fused-ring (bicyclic) bond motifs is 1.